The molecule has 0 saturated carbocycles. The third kappa shape index (κ3) is 4.19. The Morgan fingerprint density at radius 2 is 1.80 bits per heavy atom. The van der Waals surface area contributed by atoms with Crippen molar-refractivity contribution in [1.82, 2.24) is 9.62 Å². The van der Waals surface area contributed by atoms with Crippen LogP contribution in [0.2, 0.25) is 0 Å². The number of anilines is 1. The van der Waals surface area contributed by atoms with Gasteiger partial charge in [0.25, 0.3) is 0 Å². The molecule has 0 atom stereocenters. The molecule has 5 nitrogen and oxygen atoms in total. The van der Waals surface area contributed by atoms with E-state index in [9.17, 15) is 8.42 Å². The van der Waals surface area contributed by atoms with E-state index in [0.717, 1.165) is 37.9 Å². The van der Waals surface area contributed by atoms with Gasteiger partial charge in [-0.1, -0.05) is 19.1 Å². The van der Waals surface area contributed by atoms with Crippen LogP contribution in [0.1, 0.15) is 31.7 Å². The van der Waals surface area contributed by atoms with Crippen LogP contribution in [0.3, 0.4) is 0 Å². The zero-order valence-corrected chi connectivity index (χ0v) is 12.7. The Morgan fingerprint density at radius 3 is 2.40 bits per heavy atom. The van der Waals surface area contributed by atoms with E-state index in [4.69, 9.17) is 0 Å². The van der Waals surface area contributed by atoms with Crippen molar-refractivity contribution in [3.63, 3.8) is 0 Å². The fraction of sp³-hybridized carbons (Fsp3) is 0.571. The van der Waals surface area contributed by atoms with Crippen molar-refractivity contribution >= 4 is 15.9 Å². The average molecular weight is 297 g/mol. The molecule has 0 unspecified atom stereocenters. The largest absolute Gasteiger partial charge is 0.313 e. The van der Waals surface area contributed by atoms with E-state index in [1.165, 1.54) is 4.31 Å². The van der Waals surface area contributed by atoms with E-state index in [0.29, 0.717) is 18.8 Å². The number of nitrogens with one attached hydrogen (secondary N) is 2. The summed E-state index contributed by atoms with van der Waals surface area (Å²) in [4.78, 5) is 0. The van der Waals surface area contributed by atoms with E-state index < -0.39 is 10.2 Å². The first-order valence-electron chi connectivity index (χ1n) is 7.19. The molecule has 1 fully saturated rings. The second-order valence-corrected chi connectivity index (χ2v) is 6.76. The summed E-state index contributed by atoms with van der Waals surface area (Å²) in [6, 6.07) is 7.53. The number of hydrogen-bond donors (Lipinski definition) is 2. The SMILES string of the molecule is CCCNCc1ccc(NS(=O)(=O)N2CCCC2)cc1. The van der Waals surface area contributed by atoms with Gasteiger partial charge in [-0.25, -0.2) is 0 Å². The topological polar surface area (TPSA) is 61.4 Å². The lowest BCUT2D eigenvalue weighted by atomic mass is 10.2. The highest BCUT2D eigenvalue weighted by molar-refractivity contribution is 7.90. The summed E-state index contributed by atoms with van der Waals surface area (Å²) in [5.41, 5.74) is 1.78. The highest BCUT2D eigenvalue weighted by Crippen LogP contribution is 2.17. The van der Waals surface area contributed by atoms with Crippen molar-refractivity contribution in [1.29, 1.82) is 0 Å². The molecule has 1 heterocycles. The molecule has 1 aromatic carbocycles. The molecule has 0 bridgehead atoms. The first-order chi connectivity index (χ1) is 9.62. The van der Waals surface area contributed by atoms with Crippen LogP contribution in [0.25, 0.3) is 0 Å². The minimum Gasteiger partial charge on any atom is -0.313 e. The molecule has 20 heavy (non-hydrogen) atoms. The maximum absolute atomic E-state index is 12.1. The second kappa shape index (κ2) is 7.06. The third-order valence-corrected chi connectivity index (χ3v) is 4.90. The molecule has 0 radical (unpaired) electrons. The van der Waals surface area contributed by atoms with Crippen molar-refractivity contribution in [3.8, 4) is 0 Å². The maximum atomic E-state index is 12.1. The fourth-order valence-corrected chi connectivity index (χ4v) is 3.54. The summed E-state index contributed by atoms with van der Waals surface area (Å²) >= 11 is 0. The Hall–Kier alpha value is -1.11. The van der Waals surface area contributed by atoms with Gasteiger partial charge in [-0.2, -0.15) is 12.7 Å². The molecule has 0 aromatic heterocycles. The normalized spacial score (nSPS) is 16.4. The fourth-order valence-electron chi connectivity index (χ4n) is 2.24. The summed E-state index contributed by atoms with van der Waals surface area (Å²) < 4.78 is 28.3. The summed E-state index contributed by atoms with van der Waals surface area (Å²) in [5, 5.41) is 3.32. The lowest BCUT2D eigenvalue weighted by molar-refractivity contribution is 0.482. The Balaban J connectivity index is 1.93. The van der Waals surface area contributed by atoms with Gasteiger partial charge in [0.1, 0.15) is 0 Å². The number of rotatable bonds is 7. The smallest absolute Gasteiger partial charge is 0.301 e. The van der Waals surface area contributed by atoms with Gasteiger partial charge < -0.3 is 5.32 Å². The minimum atomic E-state index is -3.38. The molecule has 1 aliphatic heterocycles. The van der Waals surface area contributed by atoms with Gasteiger partial charge in [-0.15, -0.1) is 0 Å². The molecular weight excluding hydrogens is 274 g/mol. The van der Waals surface area contributed by atoms with Crippen molar-refractivity contribution in [2.45, 2.75) is 32.7 Å². The predicted octanol–water partition coefficient (Wildman–Crippen LogP) is 1.94. The minimum absolute atomic E-state index is 0.619. The Labute approximate surface area is 121 Å². The zero-order chi connectivity index (χ0) is 14.4. The molecule has 1 saturated heterocycles. The van der Waals surface area contributed by atoms with Crippen molar-refractivity contribution < 1.29 is 8.42 Å². The van der Waals surface area contributed by atoms with E-state index in [-0.39, 0.29) is 0 Å². The van der Waals surface area contributed by atoms with Crippen LogP contribution < -0.4 is 10.0 Å². The quantitative estimate of drug-likeness (QED) is 0.756. The zero-order valence-electron chi connectivity index (χ0n) is 11.9. The number of hydrogen-bond acceptors (Lipinski definition) is 3. The summed E-state index contributed by atoms with van der Waals surface area (Å²) in [6.07, 6.45) is 3.00. The van der Waals surface area contributed by atoms with Crippen LogP contribution in [-0.4, -0.2) is 32.4 Å². The maximum Gasteiger partial charge on any atom is 0.301 e. The molecule has 6 heteroatoms. The van der Waals surface area contributed by atoms with Gasteiger partial charge in [-0.3, -0.25) is 4.72 Å². The molecule has 0 aliphatic carbocycles. The standard InChI is InChI=1S/C14H23N3O2S/c1-2-9-15-12-13-5-7-14(8-6-13)16-20(18,19)17-10-3-4-11-17/h5-8,15-16H,2-4,9-12H2,1H3. The Morgan fingerprint density at radius 1 is 1.15 bits per heavy atom. The van der Waals surface area contributed by atoms with Gasteiger partial charge in [0.15, 0.2) is 0 Å². The Kier molecular flexibility index (Phi) is 5.39. The summed E-state index contributed by atoms with van der Waals surface area (Å²) in [7, 11) is -3.38. The van der Waals surface area contributed by atoms with Crippen LogP contribution in [-0.2, 0) is 16.8 Å². The van der Waals surface area contributed by atoms with Crippen LogP contribution in [0, 0.1) is 0 Å². The van der Waals surface area contributed by atoms with Crippen LogP contribution >= 0.6 is 0 Å². The molecule has 1 aliphatic rings. The first kappa shape index (κ1) is 15.3. The third-order valence-electron chi connectivity index (χ3n) is 3.36. The lowest BCUT2D eigenvalue weighted by Crippen LogP contribution is -2.33. The van der Waals surface area contributed by atoms with Gasteiger partial charge >= 0.3 is 10.2 Å². The Bertz CT molecular complexity index is 508. The molecule has 0 spiro atoms. The van der Waals surface area contributed by atoms with Crippen LogP contribution in [0.15, 0.2) is 24.3 Å². The number of benzene rings is 1. The lowest BCUT2D eigenvalue weighted by Gasteiger charge is -2.17. The predicted molar refractivity (Wildman–Crippen MR) is 81.8 cm³/mol. The molecule has 1 aromatic rings. The van der Waals surface area contributed by atoms with Crippen LogP contribution in [0.4, 0.5) is 5.69 Å². The van der Waals surface area contributed by atoms with Crippen molar-refractivity contribution in [2.75, 3.05) is 24.4 Å². The number of nitrogens with zero attached hydrogens (tertiary/aromatic N) is 1. The average Bonchev–Trinajstić information content (AvgIpc) is 2.95. The second-order valence-electron chi connectivity index (χ2n) is 5.09. The van der Waals surface area contributed by atoms with E-state index in [1.807, 2.05) is 24.3 Å². The van der Waals surface area contributed by atoms with E-state index in [2.05, 4.69) is 17.0 Å². The monoisotopic (exact) mass is 297 g/mol. The summed E-state index contributed by atoms with van der Waals surface area (Å²) in [6.45, 7) is 5.17. The van der Waals surface area contributed by atoms with E-state index in [1.54, 1.807) is 0 Å². The molecule has 112 valence electrons. The molecule has 0 amide bonds. The van der Waals surface area contributed by atoms with Crippen molar-refractivity contribution in [3.05, 3.63) is 29.8 Å². The van der Waals surface area contributed by atoms with E-state index >= 15 is 0 Å². The summed E-state index contributed by atoms with van der Waals surface area (Å²) in [5.74, 6) is 0. The highest BCUT2D eigenvalue weighted by atomic mass is 32.2. The first-order valence-corrected chi connectivity index (χ1v) is 8.63. The molecular formula is C14H23N3O2S. The molecule has 2 N–H and O–H groups in total. The highest BCUT2D eigenvalue weighted by Gasteiger charge is 2.24. The van der Waals surface area contributed by atoms with Crippen LogP contribution in [0.5, 0.6) is 0 Å². The van der Waals surface area contributed by atoms with Gasteiger partial charge in [0.05, 0.1) is 0 Å². The van der Waals surface area contributed by atoms with Crippen molar-refractivity contribution in [2.24, 2.45) is 0 Å². The van der Waals surface area contributed by atoms with Gasteiger partial charge in [0, 0.05) is 25.3 Å². The molecule has 2 rings (SSSR count). The van der Waals surface area contributed by atoms with Gasteiger partial charge in [0.2, 0.25) is 0 Å². The van der Waals surface area contributed by atoms with Gasteiger partial charge in [-0.05, 0) is 43.5 Å².